The Bertz CT molecular complexity index is 1160. The van der Waals surface area contributed by atoms with Gasteiger partial charge in [-0.05, 0) is 19.9 Å². The topological polar surface area (TPSA) is 110 Å². The molecule has 4 rings (SSSR count). The van der Waals surface area contributed by atoms with Crippen LogP contribution in [0.3, 0.4) is 0 Å². The van der Waals surface area contributed by atoms with Gasteiger partial charge in [0.05, 0.1) is 25.0 Å². The maximum atomic E-state index is 13.3. The number of fused-ring (bicyclic) bond motifs is 2. The molecule has 0 saturated heterocycles. The van der Waals surface area contributed by atoms with Crippen LogP contribution in [0.15, 0.2) is 12.3 Å². The van der Waals surface area contributed by atoms with Crippen LogP contribution in [-0.2, 0) is 35.3 Å². The standard InChI is InChI=1S/C18H18F3N7O2/c1-9-5-10(2)28-17(24-9)11(6-23-28)16(22)25-14(29)7-27-13-3-4-30-8-12(13)15(26-27)18(19,20)21/h5-6H,3-4,7-8H2,1-2H3,(H2,22,25,29). The molecule has 0 spiro atoms. The molecule has 158 valence electrons. The average Bonchev–Trinajstić information content (AvgIpc) is 3.23. The van der Waals surface area contributed by atoms with E-state index in [2.05, 4.69) is 20.5 Å². The van der Waals surface area contributed by atoms with Gasteiger partial charge < -0.3 is 10.1 Å². The summed E-state index contributed by atoms with van der Waals surface area (Å²) >= 11 is 0. The van der Waals surface area contributed by atoms with Gasteiger partial charge in [-0.2, -0.15) is 23.4 Å². The van der Waals surface area contributed by atoms with Crippen LogP contribution < -0.4 is 5.32 Å². The van der Waals surface area contributed by atoms with E-state index in [0.29, 0.717) is 16.9 Å². The number of carbonyl (C=O) groups is 1. The first-order valence-electron chi connectivity index (χ1n) is 9.09. The fraction of sp³-hybridized carbons (Fsp3) is 0.389. The Balaban J connectivity index is 1.56. The summed E-state index contributed by atoms with van der Waals surface area (Å²) in [7, 11) is 0. The average molecular weight is 421 g/mol. The smallest absolute Gasteiger partial charge is 0.376 e. The summed E-state index contributed by atoms with van der Waals surface area (Å²) in [5, 5.41) is 18.4. The molecule has 0 bridgehead atoms. The third-order valence-electron chi connectivity index (χ3n) is 4.77. The molecule has 1 aliphatic heterocycles. The van der Waals surface area contributed by atoms with Crippen molar-refractivity contribution in [3.05, 3.63) is 46.2 Å². The first-order chi connectivity index (χ1) is 14.1. The Labute approximate surface area is 168 Å². The zero-order valence-corrected chi connectivity index (χ0v) is 16.2. The lowest BCUT2D eigenvalue weighted by molar-refractivity contribution is -0.143. The van der Waals surface area contributed by atoms with Crippen LogP contribution >= 0.6 is 0 Å². The van der Waals surface area contributed by atoms with Crippen LogP contribution in [0.25, 0.3) is 5.65 Å². The van der Waals surface area contributed by atoms with E-state index in [-0.39, 0.29) is 31.0 Å². The van der Waals surface area contributed by atoms with Gasteiger partial charge in [-0.1, -0.05) is 0 Å². The van der Waals surface area contributed by atoms with Gasteiger partial charge in [-0.15, -0.1) is 0 Å². The second-order valence-electron chi connectivity index (χ2n) is 6.99. The number of amides is 1. The van der Waals surface area contributed by atoms with Crippen molar-refractivity contribution < 1.29 is 22.7 Å². The van der Waals surface area contributed by atoms with Crippen molar-refractivity contribution in [3.63, 3.8) is 0 Å². The molecule has 1 amide bonds. The van der Waals surface area contributed by atoms with Gasteiger partial charge in [-0.3, -0.25) is 14.9 Å². The quantitative estimate of drug-likeness (QED) is 0.495. The number of rotatable bonds is 3. The summed E-state index contributed by atoms with van der Waals surface area (Å²) < 4.78 is 47.5. The molecular weight excluding hydrogens is 403 g/mol. The van der Waals surface area contributed by atoms with E-state index < -0.39 is 24.3 Å². The summed E-state index contributed by atoms with van der Waals surface area (Å²) in [6.45, 7) is 3.23. The number of aromatic nitrogens is 5. The summed E-state index contributed by atoms with van der Waals surface area (Å²) in [4.78, 5) is 16.8. The van der Waals surface area contributed by atoms with Crippen molar-refractivity contribution in [1.29, 1.82) is 5.41 Å². The molecule has 0 saturated carbocycles. The summed E-state index contributed by atoms with van der Waals surface area (Å²) in [5.41, 5.74) is 1.48. The normalized spacial score (nSPS) is 14.0. The molecule has 3 aromatic rings. The van der Waals surface area contributed by atoms with E-state index in [1.807, 2.05) is 13.0 Å². The number of alkyl halides is 3. The van der Waals surface area contributed by atoms with Crippen LogP contribution in [0.5, 0.6) is 0 Å². The third kappa shape index (κ3) is 3.54. The van der Waals surface area contributed by atoms with E-state index in [1.165, 1.54) is 6.20 Å². The Hall–Kier alpha value is -3.28. The lowest BCUT2D eigenvalue weighted by Crippen LogP contribution is -2.34. The molecule has 0 aromatic carbocycles. The van der Waals surface area contributed by atoms with Gasteiger partial charge in [0.15, 0.2) is 11.3 Å². The fourth-order valence-corrected chi connectivity index (χ4v) is 3.50. The van der Waals surface area contributed by atoms with Crippen molar-refractivity contribution in [2.75, 3.05) is 6.61 Å². The SMILES string of the molecule is Cc1cc(C)n2ncc(C(=N)NC(=O)Cn3nc(C(F)(F)F)c4c3CCOC4)c2n1. The lowest BCUT2D eigenvalue weighted by Gasteiger charge is -2.15. The summed E-state index contributed by atoms with van der Waals surface area (Å²) in [6.07, 6.45) is -3.01. The minimum atomic E-state index is -4.64. The molecule has 0 atom stereocenters. The van der Waals surface area contributed by atoms with Crippen LogP contribution in [-0.4, -0.2) is 42.7 Å². The zero-order valence-electron chi connectivity index (χ0n) is 16.2. The van der Waals surface area contributed by atoms with Gasteiger partial charge in [-0.25, -0.2) is 9.50 Å². The van der Waals surface area contributed by atoms with E-state index in [4.69, 9.17) is 10.1 Å². The minimum Gasteiger partial charge on any atom is -0.376 e. The van der Waals surface area contributed by atoms with Crippen molar-refractivity contribution in [2.45, 2.75) is 39.6 Å². The highest BCUT2D eigenvalue weighted by Crippen LogP contribution is 2.34. The van der Waals surface area contributed by atoms with E-state index in [1.54, 1.807) is 11.4 Å². The fourth-order valence-electron chi connectivity index (χ4n) is 3.50. The molecule has 3 aromatic heterocycles. The molecule has 12 heteroatoms. The molecule has 30 heavy (non-hydrogen) atoms. The Morgan fingerprint density at radius 2 is 2.13 bits per heavy atom. The predicted octanol–water partition coefficient (Wildman–Crippen LogP) is 1.78. The Kier molecular flexibility index (Phi) is 4.80. The monoisotopic (exact) mass is 421 g/mol. The van der Waals surface area contributed by atoms with Gasteiger partial charge >= 0.3 is 6.18 Å². The molecule has 0 aliphatic carbocycles. The highest BCUT2D eigenvalue weighted by Gasteiger charge is 2.40. The van der Waals surface area contributed by atoms with Crippen molar-refractivity contribution in [2.24, 2.45) is 0 Å². The number of ether oxygens (including phenoxy) is 1. The lowest BCUT2D eigenvalue weighted by atomic mass is 10.1. The number of halogens is 3. The number of aryl methyl sites for hydroxylation is 2. The molecule has 2 N–H and O–H groups in total. The van der Waals surface area contributed by atoms with E-state index in [0.717, 1.165) is 16.1 Å². The molecule has 0 unspecified atom stereocenters. The van der Waals surface area contributed by atoms with Crippen LogP contribution in [0.4, 0.5) is 13.2 Å². The van der Waals surface area contributed by atoms with Crippen LogP contribution in [0, 0.1) is 19.3 Å². The zero-order chi connectivity index (χ0) is 21.6. The van der Waals surface area contributed by atoms with Crippen molar-refractivity contribution in [3.8, 4) is 0 Å². The minimum absolute atomic E-state index is 0.0468. The highest BCUT2D eigenvalue weighted by molar-refractivity contribution is 6.09. The Morgan fingerprint density at radius 1 is 1.37 bits per heavy atom. The van der Waals surface area contributed by atoms with E-state index >= 15 is 0 Å². The number of amidine groups is 1. The first kappa shape index (κ1) is 20.0. The van der Waals surface area contributed by atoms with Gasteiger partial charge in [0, 0.05) is 29.1 Å². The number of nitrogens with one attached hydrogen (secondary N) is 2. The number of hydrogen-bond acceptors (Lipinski definition) is 6. The van der Waals surface area contributed by atoms with Crippen LogP contribution in [0.1, 0.15) is 33.9 Å². The molecular formula is C18H18F3N7O2. The van der Waals surface area contributed by atoms with Gasteiger partial charge in [0.2, 0.25) is 5.91 Å². The Morgan fingerprint density at radius 3 is 2.87 bits per heavy atom. The molecule has 0 fully saturated rings. The maximum absolute atomic E-state index is 13.3. The second kappa shape index (κ2) is 7.20. The summed E-state index contributed by atoms with van der Waals surface area (Å²) in [6, 6.07) is 1.83. The number of carbonyl (C=O) groups excluding carboxylic acids is 1. The number of nitrogens with zero attached hydrogens (tertiary/aromatic N) is 5. The molecule has 1 aliphatic rings. The maximum Gasteiger partial charge on any atom is 0.435 e. The number of hydrogen-bond donors (Lipinski definition) is 2. The van der Waals surface area contributed by atoms with Crippen molar-refractivity contribution in [1.82, 2.24) is 29.7 Å². The largest absolute Gasteiger partial charge is 0.435 e. The second-order valence-corrected chi connectivity index (χ2v) is 6.99. The molecule has 9 nitrogen and oxygen atoms in total. The van der Waals surface area contributed by atoms with Crippen molar-refractivity contribution >= 4 is 17.4 Å². The van der Waals surface area contributed by atoms with Gasteiger partial charge in [0.1, 0.15) is 12.4 Å². The summed E-state index contributed by atoms with van der Waals surface area (Å²) in [5.74, 6) is -0.915. The third-order valence-corrected chi connectivity index (χ3v) is 4.77. The first-order valence-corrected chi connectivity index (χ1v) is 9.09. The predicted molar refractivity (Wildman–Crippen MR) is 98.0 cm³/mol. The molecule has 4 heterocycles. The molecule has 0 radical (unpaired) electrons. The van der Waals surface area contributed by atoms with Gasteiger partial charge in [0.25, 0.3) is 0 Å². The highest BCUT2D eigenvalue weighted by atomic mass is 19.4. The van der Waals surface area contributed by atoms with Crippen LogP contribution in [0.2, 0.25) is 0 Å². The van der Waals surface area contributed by atoms with E-state index in [9.17, 15) is 18.0 Å².